The van der Waals surface area contributed by atoms with Gasteiger partial charge in [0.2, 0.25) is 11.8 Å². The standard InChI is InChI=1S/C28H28ClN3O3/c1-3-25(33)32-18(2)14-15-31(28(35)26(32)21-11-7-12-22(29)16-21)24(27(30)34)17-20-10-6-9-19-8-4-5-13-23(19)20/h3-13,16,18,24,26H,1,14-15,17H2,2H3,(H2,30,34)/t18?,24-,26?/m1/s1. The lowest BCUT2D eigenvalue weighted by molar-refractivity contribution is -0.146. The predicted octanol–water partition coefficient (Wildman–Crippen LogP) is 4.27. The number of carbonyl (C=O) groups is 3. The number of primary amides is 1. The average Bonchev–Trinajstić information content (AvgIpc) is 2.97. The van der Waals surface area contributed by atoms with Crippen molar-refractivity contribution in [3.05, 3.63) is 95.5 Å². The maximum Gasteiger partial charge on any atom is 0.250 e. The average molecular weight is 490 g/mol. The van der Waals surface area contributed by atoms with Crippen LogP contribution in [0.25, 0.3) is 10.8 Å². The Morgan fingerprint density at radius 1 is 1.14 bits per heavy atom. The number of halogens is 1. The van der Waals surface area contributed by atoms with E-state index >= 15 is 0 Å². The number of hydrogen-bond donors (Lipinski definition) is 1. The maximum atomic E-state index is 14.1. The summed E-state index contributed by atoms with van der Waals surface area (Å²) < 4.78 is 0. The predicted molar refractivity (Wildman–Crippen MR) is 138 cm³/mol. The first-order chi connectivity index (χ1) is 16.8. The quantitative estimate of drug-likeness (QED) is 0.525. The molecule has 180 valence electrons. The summed E-state index contributed by atoms with van der Waals surface area (Å²) in [5.74, 6) is -1.31. The van der Waals surface area contributed by atoms with Gasteiger partial charge in [0.15, 0.2) is 0 Å². The van der Waals surface area contributed by atoms with Crippen LogP contribution in [-0.2, 0) is 20.8 Å². The lowest BCUT2D eigenvalue weighted by Gasteiger charge is -2.35. The zero-order chi connectivity index (χ0) is 25.1. The largest absolute Gasteiger partial charge is 0.368 e. The fourth-order valence-corrected chi connectivity index (χ4v) is 5.09. The van der Waals surface area contributed by atoms with Crippen LogP contribution in [0.4, 0.5) is 0 Å². The molecule has 1 aliphatic rings. The van der Waals surface area contributed by atoms with Crippen LogP contribution in [-0.4, -0.2) is 46.1 Å². The van der Waals surface area contributed by atoms with Crippen LogP contribution in [0.5, 0.6) is 0 Å². The van der Waals surface area contributed by atoms with Gasteiger partial charge in [0, 0.05) is 24.0 Å². The van der Waals surface area contributed by atoms with Gasteiger partial charge < -0.3 is 15.5 Å². The molecule has 0 saturated carbocycles. The van der Waals surface area contributed by atoms with Crippen LogP contribution < -0.4 is 5.73 Å². The molecule has 0 aromatic heterocycles. The van der Waals surface area contributed by atoms with Gasteiger partial charge in [-0.1, -0.05) is 72.8 Å². The van der Waals surface area contributed by atoms with Gasteiger partial charge >= 0.3 is 0 Å². The van der Waals surface area contributed by atoms with E-state index in [2.05, 4.69) is 6.58 Å². The first-order valence-electron chi connectivity index (χ1n) is 11.6. The summed E-state index contributed by atoms with van der Waals surface area (Å²) in [5.41, 5.74) is 7.39. The molecule has 0 spiro atoms. The van der Waals surface area contributed by atoms with Gasteiger partial charge in [-0.25, -0.2) is 0 Å². The SMILES string of the molecule is C=CC(=O)N1C(C)CCN([C@H](Cc2cccc3ccccc23)C(N)=O)C(=O)C1c1cccc(Cl)c1. The lowest BCUT2D eigenvalue weighted by Crippen LogP contribution is -2.52. The molecule has 1 saturated heterocycles. The minimum atomic E-state index is -0.953. The second-order valence-corrected chi connectivity index (χ2v) is 9.27. The molecule has 0 aliphatic carbocycles. The third kappa shape index (κ3) is 4.93. The van der Waals surface area contributed by atoms with Crippen LogP contribution in [0.3, 0.4) is 0 Å². The molecule has 1 fully saturated rings. The number of nitrogens with zero attached hydrogens (tertiary/aromatic N) is 2. The first-order valence-corrected chi connectivity index (χ1v) is 12.0. The molecule has 4 rings (SSSR count). The van der Waals surface area contributed by atoms with Crippen molar-refractivity contribution in [3.63, 3.8) is 0 Å². The number of hydrogen-bond acceptors (Lipinski definition) is 3. The van der Waals surface area contributed by atoms with Crippen LogP contribution in [0.15, 0.2) is 79.4 Å². The molecule has 35 heavy (non-hydrogen) atoms. The molecule has 6 nitrogen and oxygen atoms in total. The molecule has 2 N–H and O–H groups in total. The fraction of sp³-hybridized carbons (Fsp3) is 0.250. The minimum absolute atomic E-state index is 0.272. The van der Waals surface area contributed by atoms with Gasteiger partial charge in [-0.3, -0.25) is 14.4 Å². The maximum absolute atomic E-state index is 14.1. The molecule has 3 aromatic carbocycles. The molecule has 3 atom stereocenters. The van der Waals surface area contributed by atoms with E-state index in [0.717, 1.165) is 16.3 Å². The Kier molecular flexibility index (Phi) is 7.22. The van der Waals surface area contributed by atoms with Crippen LogP contribution >= 0.6 is 11.6 Å². The zero-order valence-electron chi connectivity index (χ0n) is 19.6. The molecule has 0 radical (unpaired) electrons. The van der Waals surface area contributed by atoms with Crippen molar-refractivity contribution < 1.29 is 14.4 Å². The van der Waals surface area contributed by atoms with E-state index < -0.39 is 18.0 Å². The summed E-state index contributed by atoms with van der Waals surface area (Å²) in [6.45, 7) is 5.80. The highest BCUT2D eigenvalue weighted by molar-refractivity contribution is 6.30. The number of amides is 3. The number of fused-ring (bicyclic) bond motifs is 1. The molecular weight excluding hydrogens is 462 g/mol. The summed E-state index contributed by atoms with van der Waals surface area (Å²) >= 11 is 6.24. The number of rotatable bonds is 6. The number of nitrogens with two attached hydrogens (primary N) is 1. The van der Waals surface area contributed by atoms with Crippen LogP contribution in [0, 0.1) is 0 Å². The Morgan fingerprint density at radius 2 is 1.86 bits per heavy atom. The van der Waals surface area contributed by atoms with Gasteiger partial charge in [-0.2, -0.15) is 0 Å². The molecule has 2 unspecified atom stereocenters. The Hall–Kier alpha value is -3.64. The van der Waals surface area contributed by atoms with E-state index in [1.165, 1.54) is 15.9 Å². The third-order valence-corrected chi connectivity index (χ3v) is 6.88. The molecule has 0 bridgehead atoms. The van der Waals surface area contributed by atoms with E-state index in [9.17, 15) is 14.4 Å². The van der Waals surface area contributed by atoms with Crippen molar-refractivity contribution in [1.82, 2.24) is 9.80 Å². The molecule has 1 heterocycles. The smallest absolute Gasteiger partial charge is 0.250 e. The van der Waals surface area contributed by atoms with E-state index in [1.807, 2.05) is 49.4 Å². The highest BCUT2D eigenvalue weighted by Crippen LogP contribution is 2.33. The summed E-state index contributed by atoms with van der Waals surface area (Å²) in [6, 6.07) is 18.6. The van der Waals surface area contributed by atoms with Gasteiger partial charge in [-0.05, 0) is 53.5 Å². The first kappa shape index (κ1) is 24.5. The fourth-order valence-electron chi connectivity index (χ4n) is 4.89. The van der Waals surface area contributed by atoms with Crippen molar-refractivity contribution in [3.8, 4) is 0 Å². The Morgan fingerprint density at radius 3 is 2.57 bits per heavy atom. The molecule has 7 heteroatoms. The second kappa shape index (κ2) is 10.3. The molecular formula is C28H28ClN3O3. The van der Waals surface area contributed by atoms with Crippen molar-refractivity contribution >= 4 is 40.1 Å². The van der Waals surface area contributed by atoms with Crippen molar-refractivity contribution in [2.24, 2.45) is 5.73 Å². The number of benzene rings is 3. The minimum Gasteiger partial charge on any atom is -0.368 e. The van der Waals surface area contributed by atoms with E-state index in [1.54, 1.807) is 24.3 Å². The monoisotopic (exact) mass is 489 g/mol. The van der Waals surface area contributed by atoms with E-state index in [0.29, 0.717) is 17.0 Å². The Balaban J connectivity index is 1.78. The van der Waals surface area contributed by atoms with Crippen molar-refractivity contribution in [1.29, 1.82) is 0 Å². The van der Waals surface area contributed by atoms with Gasteiger partial charge in [-0.15, -0.1) is 0 Å². The van der Waals surface area contributed by atoms with E-state index in [4.69, 9.17) is 17.3 Å². The highest BCUT2D eigenvalue weighted by Gasteiger charge is 2.42. The zero-order valence-corrected chi connectivity index (χ0v) is 20.3. The second-order valence-electron chi connectivity index (χ2n) is 8.84. The van der Waals surface area contributed by atoms with E-state index in [-0.39, 0.29) is 30.8 Å². The normalized spacial score (nSPS) is 19.3. The van der Waals surface area contributed by atoms with Crippen molar-refractivity contribution in [2.75, 3.05) is 6.54 Å². The Bertz CT molecular complexity index is 1290. The summed E-state index contributed by atoms with van der Waals surface area (Å²) in [6.07, 6.45) is 1.97. The van der Waals surface area contributed by atoms with Crippen LogP contribution in [0.1, 0.15) is 30.5 Å². The van der Waals surface area contributed by atoms with Gasteiger partial charge in [0.25, 0.3) is 5.91 Å². The van der Waals surface area contributed by atoms with Gasteiger partial charge in [0.05, 0.1) is 0 Å². The highest BCUT2D eigenvalue weighted by atomic mass is 35.5. The summed E-state index contributed by atoms with van der Waals surface area (Å²) in [4.78, 5) is 42.8. The molecule has 3 amide bonds. The van der Waals surface area contributed by atoms with Crippen molar-refractivity contribution in [2.45, 2.75) is 37.9 Å². The Labute approximate surface area is 210 Å². The van der Waals surface area contributed by atoms with Crippen LogP contribution in [0.2, 0.25) is 5.02 Å². The molecule has 1 aliphatic heterocycles. The summed E-state index contributed by atoms with van der Waals surface area (Å²) in [5, 5.41) is 2.50. The topological polar surface area (TPSA) is 83.7 Å². The number of carbonyl (C=O) groups excluding carboxylic acids is 3. The molecule has 3 aromatic rings. The third-order valence-electron chi connectivity index (χ3n) is 6.65. The van der Waals surface area contributed by atoms with Gasteiger partial charge in [0.1, 0.15) is 12.1 Å². The summed E-state index contributed by atoms with van der Waals surface area (Å²) in [7, 11) is 0. The lowest BCUT2D eigenvalue weighted by atomic mass is 9.96.